The Balaban J connectivity index is 1.86. The fourth-order valence-corrected chi connectivity index (χ4v) is 2.90. The lowest BCUT2D eigenvalue weighted by atomic mass is 9.98. The van der Waals surface area contributed by atoms with Crippen LogP contribution in [-0.4, -0.2) is 46.4 Å². The predicted molar refractivity (Wildman–Crippen MR) is 81.6 cm³/mol. The summed E-state index contributed by atoms with van der Waals surface area (Å²) >= 11 is 1.43. The van der Waals surface area contributed by atoms with Crippen LogP contribution in [0.3, 0.4) is 0 Å². The lowest BCUT2D eigenvalue weighted by molar-refractivity contribution is 0.0445. The van der Waals surface area contributed by atoms with Gasteiger partial charge in [0, 0.05) is 32.1 Å². The summed E-state index contributed by atoms with van der Waals surface area (Å²) in [4.78, 5) is 29.2. The van der Waals surface area contributed by atoms with Gasteiger partial charge in [0.2, 0.25) is 0 Å². The van der Waals surface area contributed by atoms with Crippen LogP contribution in [0.2, 0.25) is 0 Å². The molecule has 0 spiro atoms. The molecule has 3 rings (SSSR count). The minimum absolute atomic E-state index is 0.0184. The molecule has 0 N–H and O–H groups in total. The number of nitrogens with zero attached hydrogens (tertiary/aromatic N) is 5. The molecule has 0 saturated carbocycles. The van der Waals surface area contributed by atoms with Crippen molar-refractivity contribution in [3.8, 4) is 0 Å². The Kier molecular flexibility index (Phi) is 3.59. The zero-order valence-electron chi connectivity index (χ0n) is 12.3. The molecular weight excluding hydrogens is 286 g/mol. The first-order valence-corrected chi connectivity index (χ1v) is 7.72. The highest BCUT2D eigenvalue weighted by Crippen LogP contribution is 2.34. The minimum Gasteiger partial charge on any atom is -0.363 e. The third kappa shape index (κ3) is 2.61. The van der Waals surface area contributed by atoms with Crippen LogP contribution in [0, 0.1) is 6.92 Å². The van der Waals surface area contributed by atoms with Crippen LogP contribution in [0.1, 0.15) is 34.5 Å². The van der Waals surface area contributed by atoms with Gasteiger partial charge in [0.25, 0.3) is 5.91 Å². The van der Waals surface area contributed by atoms with E-state index in [0.29, 0.717) is 5.69 Å². The van der Waals surface area contributed by atoms with Crippen molar-refractivity contribution in [3.63, 3.8) is 0 Å². The van der Waals surface area contributed by atoms with E-state index >= 15 is 0 Å². The van der Waals surface area contributed by atoms with E-state index in [0.717, 1.165) is 30.3 Å². The monoisotopic (exact) mass is 303 g/mol. The molecule has 7 heteroatoms. The topological polar surface area (TPSA) is 62.2 Å². The molecule has 0 aliphatic carbocycles. The van der Waals surface area contributed by atoms with Crippen LogP contribution in [0.25, 0.3) is 0 Å². The second kappa shape index (κ2) is 5.40. The van der Waals surface area contributed by atoms with E-state index in [1.165, 1.54) is 11.3 Å². The lowest BCUT2D eigenvalue weighted by Crippen LogP contribution is -2.45. The van der Waals surface area contributed by atoms with Gasteiger partial charge in [-0.2, -0.15) is 0 Å². The van der Waals surface area contributed by atoms with Gasteiger partial charge in [0.15, 0.2) is 0 Å². The molecule has 1 aliphatic heterocycles. The molecular formula is C14H17N5OS. The lowest BCUT2D eigenvalue weighted by Gasteiger charge is -2.40. The average Bonchev–Trinajstić information content (AvgIpc) is 2.90. The van der Waals surface area contributed by atoms with Crippen LogP contribution >= 0.6 is 11.3 Å². The molecule has 1 saturated heterocycles. The van der Waals surface area contributed by atoms with Gasteiger partial charge in [-0.25, -0.2) is 15.0 Å². The number of rotatable bonds is 3. The normalized spacial score (nSPS) is 17.5. The molecule has 21 heavy (non-hydrogen) atoms. The molecule has 0 aromatic carbocycles. The zero-order chi connectivity index (χ0) is 15.0. The second-order valence-corrected chi connectivity index (χ2v) is 5.99. The molecule has 110 valence electrons. The van der Waals surface area contributed by atoms with Crippen molar-refractivity contribution in [3.05, 3.63) is 34.2 Å². The van der Waals surface area contributed by atoms with Crippen molar-refractivity contribution in [1.82, 2.24) is 19.9 Å². The van der Waals surface area contributed by atoms with Crippen LogP contribution in [0.5, 0.6) is 0 Å². The van der Waals surface area contributed by atoms with E-state index in [-0.39, 0.29) is 11.9 Å². The molecule has 0 radical (unpaired) electrons. The summed E-state index contributed by atoms with van der Waals surface area (Å²) in [6, 6.07) is 1.98. The summed E-state index contributed by atoms with van der Waals surface area (Å²) in [6.45, 7) is 2.63. The van der Waals surface area contributed by atoms with Gasteiger partial charge >= 0.3 is 0 Å². The minimum atomic E-state index is -0.0184. The highest BCUT2D eigenvalue weighted by Gasteiger charge is 2.36. The van der Waals surface area contributed by atoms with Crippen molar-refractivity contribution in [2.75, 3.05) is 25.5 Å². The van der Waals surface area contributed by atoms with Crippen LogP contribution < -0.4 is 4.90 Å². The third-order valence-electron chi connectivity index (χ3n) is 3.58. The van der Waals surface area contributed by atoms with Gasteiger partial charge in [-0.05, 0) is 13.3 Å². The predicted octanol–water partition coefficient (Wildman–Crippen LogP) is 1.89. The molecule has 1 fully saturated rings. The molecule has 1 atom stereocenters. The van der Waals surface area contributed by atoms with Crippen molar-refractivity contribution < 1.29 is 4.79 Å². The first-order chi connectivity index (χ1) is 10.1. The maximum absolute atomic E-state index is 12.4. The van der Waals surface area contributed by atoms with Crippen LogP contribution in [0.15, 0.2) is 17.0 Å². The van der Waals surface area contributed by atoms with Crippen LogP contribution in [-0.2, 0) is 0 Å². The van der Waals surface area contributed by atoms with Gasteiger partial charge in [-0.1, -0.05) is 0 Å². The second-order valence-electron chi connectivity index (χ2n) is 5.27. The fraction of sp³-hybridized carbons (Fsp3) is 0.429. The van der Waals surface area contributed by atoms with Gasteiger partial charge in [-0.3, -0.25) is 4.79 Å². The Hall–Kier alpha value is -2.02. The number of anilines is 1. The number of hydrogen-bond acceptors (Lipinski definition) is 6. The number of amides is 1. The largest absolute Gasteiger partial charge is 0.363 e. The SMILES string of the molecule is Cc1nc(C2CCN2C(=O)c2cscn2)cc(N(C)C)n1. The molecule has 0 bridgehead atoms. The van der Waals surface area contributed by atoms with Gasteiger partial charge in [0.1, 0.15) is 17.3 Å². The Labute approximate surface area is 127 Å². The Morgan fingerprint density at radius 1 is 1.43 bits per heavy atom. The molecule has 1 amide bonds. The highest BCUT2D eigenvalue weighted by molar-refractivity contribution is 7.07. The Bertz CT molecular complexity index is 655. The summed E-state index contributed by atoms with van der Waals surface area (Å²) in [5.41, 5.74) is 3.10. The number of hydrogen-bond donors (Lipinski definition) is 0. The molecule has 2 aromatic heterocycles. The molecule has 1 aliphatic rings. The summed E-state index contributed by atoms with van der Waals surface area (Å²) in [6.07, 6.45) is 0.930. The highest BCUT2D eigenvalue weighted by atomic mass is 32.1. The smallest absolute Gasteiger partial charge is 0.273 e. The maximum atomic E-state index is 12.4. The first kappa shape index (κ1) is 13.9. The van der Waals surface area contributed by atoms with E-state index in [2.05, 4.69) is 15.0 Å². The fourth-order valence-electron chi connectivity index (χ4n) is 2.38. The molecule has 1 unspecified atom stereocenters. The quantitative estimate of drug-likeness (QED) is 0.866. The molecule has 3 heterocycles. The van der Waals surface area contributed by atoms with Crippen molar-refractivity contribution in [2.45, 2.75) is 19.4 Å². The van der Waals surface area contributed by atoms with Gasteiger partial charge in [-0.15, -0.1) is 11.3 Å². The third-order valence-corrected chi connectivity index (χ3v) is 4.16. The summed E-state index contributed by atoms with van der Waals surface area (Å²) in [5, 5.41) is 1.79. The Morgan fingerprint density at radius 2 is 2.24 bits per heavy atom. The summed E-state index contributed by atoms with van der Waals surface area (Å²) < 4.78 is 0. The van der Waals surface area contributed by atoms with Crippen molar-refractivity contribution >= 4 is 23.1 Å². The standard InChI is InChI=1S/C14H17N5OS/c1-9-16-10(6-13(17-9)18(2)3)12-4-5-19(12)14(20)11-7-21-8-15-11/h6-8,12H,4-5H2,1-3H3. The Morgan fingerprint density at radius 3 is 2.81 bits per heavy atom. The average molecular weight is 303 g/mol. The van der Waals surface area contributed by atoms with Crippen molar-refractivity contribution in [1.29, 1.82) is 0 Å². The van der Waals surface area contributed by atoms with Gasteiger partial charge < -0.3 is 9.80 Å². The number of carbonyl (C=O) groups excluding carboxylic acids is 1. The van der Waals surface area contributed by atoms with E-state index in [1.54, 1.807) is 10.9 Å². The number of carbonyl (C=O) groups is 1. The van der Waals surface area contributed by atoms with E-state index in [9.17, 15) is 4.79 Å². The maximum Gasteiger partial charge on any atom is 0.273 e. The number of aromatic nitrogens is 3. The zero-order valence-corrected chi connectivity index (χ0v) is 13.1. The number of likely N-dealkylation sites (tertiary alicyclic amines) is 1. The van der Waals surface area contributed by atoms with E-state index in [4.69, 9.17) is 0 Å². The summed E-state index contributed by atoms with van der Waals surface area (Å²) in [7, 11) is 3.90. The summed E-state index contributed by atoms with van der Waals surface area (Å²) in [5.74, 6) is 1.57. The molecule has 6 nitrogen and oxygen atoms in total. The van der Waals surface area contributed by atoms with Crippen LogP contribution in [0.4, 0.5) is 5.82 Å². The van der Waals surface area contributed by atoms with E-state index in [1.807, 2.05) is 36.9 Å². The number of aryl methyl sites for hydroxylation is 1. The van der Waals surface area contributed by atoms with Gasteiger partial charge in [0.05, 0.1) is 17.2 Å². The first-order valence-electron chi connectivity index (χ1n) is 6.78. The van der Waals surface area contributed by atoms with Crippen molar-refractivity contribution in [2.24, 2.45) is 0 Å². The van der Waals surface area contributed by atoms with E-state index < -0.39 is 0 Å². The number of thiazole rings is 1. The molecule has 2 aromatic rings.